The molecule has 0 spiro atoms. The summed E-state index contributed by atoms with van der Waals surface area (Å²) in [5.41, 5.74) is 7.89. The SMILES string of the molecule is Nc1ccc2c(c1)C(=O)N(Cc1ccc(F)cc1F)C2. The van der Waals surface area contributed by atoms with Gasteiger partial charge in [0.2, 0.25) is 0 Å². The maximum absolute atomic E-state index is 13.6. The van der Waals surface area contributed by atoms with Crippen LogP contribution in [0.4, 0.5) is 14.5 Å². The number of nitrogens with two attached hydrogens (primary N) is 1. The van der Waals surface area contributed by atoms with Crippen LogP contribution in [-0.4, -0.2) is 10.8 Å². The van der Waals surface area contributed by atoms with Crippen LogP contribution in [-0.2, 0) is 13.1 Å². The second kappa shape index (κ2) is 4.59. The smallest absolute Gasteiger partial charge is 0.254 e. The van der Waals surface area contributed by atoms with Crippen LogP contribution in [0.25, 0.3) is 0 Å². The van der Waals surface area contributed by atoms with Gasteiger partial charge < -0.3 is 10.6 Å². The summed E-state index contributed by atoms with van der Waals surface area (Å²) in [6.45, 7) is 0.519. The number of benzene rings is 2. The lowest BCUT2D eigenvalue weighted by Crippen LogP contribution is -2.23. The molecule has 0 aliphatic carbocycles. The number of fused-ring (bicyclic) bond motifs is 1. The highest BCUT2D eigenvalue weighted by Crippen LogP contribution is 2.26. The van der Waals surface area contributed by atoms with Gasteiger partial charge in [-0.1, -0.05) is 12.1 Å². The maximum atomic E-state index is 13.6. The number of amides is 1. The fraction of sp³-hybridized carbons (Fsp3) is 0.133. The van der Waals surface area contributed by atoms with E-state index >= 15 is 0 Å². The molecule has 0 unspecified atom stereocenters. The van der Waals surface area contributed by atoms with E-state index in [0.29, 0.717) is 23.4 Å². The van der Waals surface area contributed by atoms with Crippen LogP contribution >= 0.6 is 0 Å². The van der Waals surface area contributed by atoms with Gasteiger partial charge in [-0.3, -0.25) is 4.79 Å². The zero-order chi connectivity index (χ0) is 14.3. The number of rotatable bonds is 2. The molecule has 0 saturated heterocycles. The van der Waals surface area contributed by atoms with Gasteiger partial charge in [0.05, 0.1) is 0 Å². The second-order valence-corrected chi connectivity index (χ2v) is 4.81. The van der Waals surface area contributed by atoms with E-state index in [1.807, 2.05) is 0 Å². The zero-order valence-corrected chi connectivity index (χ0v) is 10.6. The number of halogens is 2. The van der Waals surface area contributed by atoms with E-state index in [9.17, 15) is 13.6 Å². The first-order valence-corrected chi connectivity index (χ1v) is 6.16. The van der Waals surface area contributed by atoms with Gasteiger partial charge in [0, 0.05) is 36.0 Å². The van der Waals surface area contributed by atoms with Crippen LogP contribution in [0.3, 0.4) is 0 Å². The molecule has 102 valence electrons. The lowest BCUT2D eigenvalue weighted by molar-refractivity contribution is 0.0765. The van der Waals surface area contributed by atoms with Crippen LogP contribution in [0.2, 0.25) is 0 Å². The van der Waals surface area contributed by atoms with Gasteiger partial charge in [-0.25, -0.2) is 8.78 Å². The average molecular weight is 274 g/mol. The minimum atomic E-state index is -0.645. The van der Waals surface area contributed by atoms with Gasteiger partial charge in [0.1, 0.15) is 11.6 Å². The monoisotopic (exact) mass is 274 g/mol. The molecule has 2 aromatic carbocycles. The van der Waals surface area contributed by atoms with E-state index in [4.69, 9.17) is 5.73 Å². The van der Waals surface area contributed by atoms with Crippen molar-refractivity contribution in [2.75, 3.05) is 5.73 Å². The highest BCUT2D eigenvalue weighted by Gasteiger charge is 2.27. The van der Waals surface area contributed by atoms with Crippen LogP contribution in [0.15, 0.2) is 36.4 Å². The number of hydrogen-bond donors (Lipinski definition) is 1. The first-order chi connectivity index (χ1) is 9.54. The lowest BCUT2D eigenvalue weighted by atomic mass is 10.1. The first kappa shape index (κ1) is 12.6. The zero-order valence-electron chi connectivity index (χ0n) is 10.6. The maximum Gasteiger partial charge on any atom is 0.254 e. The molecule has 3 rings (SSSR count). The molecule has 3 nitrogen and oxygen atoms in total. The van der Waals surface area contributed by atoms with Crippen LogP contribution in [0.1, 0.15) is 21.5 Å². The van der Waals surface area contributed by atoms with Crippen LogP contribution < -0.4 is 5.73 Å². The number of anilines is 1. The van der Waals surface area contributed by atoms with Crippen LogP contribution in [0, 0.1) is 11.6 Å². The van der Waals surface area contributed by atoms with Gasteiger partial charge in [-0.05, 0) is 23.8 Å². The van der Waals surface area contributed by atoms with Crippen LogP contribution in [0.5, 0.6) is 0 Å². The average Bonchev–Trinajstić information content (AvgIpc) is 2.70. The summed E-state index contributed by atoms with van der Waals surface area (Å²) in [5, 5.41) is 0. The summed E-state index contributed by atoms with van der Waals surface area (Å²) in [6, 6.07) is 8.51. The third kappa shape index (κ3) is 2.11. The number of carbonyl (C=O) groups is 1. The normalized spacial score (nSPS) is 13.7. The fourth-order valence-corrected chi connectivity index (χ4v) is 2.36. The van der Waals surface area contributed by atoms with E-state index in [0.717, 1.165) is 11.6 Å². The Morgan fingerprint density at radius 2 is 1.95 bits per heavy atom. The molecule has 2 aromatic rings. The topological polar surface area (TPSA) is 46.3 Å². The fourth-order valence-electron chi connectivity index (χ4n) is 2.36. The van der Waals surface area contributed by atoms with Gasteiger partial charge in [-0.2, -0.15) is 0 Å². The minimum absolute atomic E-state index is 0.111. The van der Waals surface area contributed by atoms with E-state index < -0.39 is 11.6 Å². The summed E-state index contributed by atoms with van der Waals surface area (Å²) in [6.07, 6.45) is 0. The van der Waals surface area contributed by atoms with Gasteiger partial charge in [0.25, 0.3) is 5.91 Å². The molecule has 2 N–H and O–H groups in total. The van der Waals surface area contributed by atoms with E-state index in [1.165, 1.54) is 17.0 Å². The Balaban J connectivity index is 1.86. The van der Waals surface area contributed by atoms with E-state index in [1.54, 1.807) is 18.2 Å². The molecule has 0 aromatic heterocycles. The number of carbonyl (C=O) groups excluding carboxylic acids is 1. The van der Waals surface area contributed by atoms with Crippen molar-refractivity contribution in [3.8, 4) is 0 Å². The van der Waals surface area contributed by atoms with Crippen molar-refractivity contribution in [2.45, 2.75) is 13.1 Å². The third-order valence-corrected chi connectivity index (χ3v) is 3.39. The number of nitrogen functional groups attached to an aromatic ring is 1. The van der Waals surface area contributed by atoms with Crippen molar-refractivity contribution in [3.63, 3.8) is 0 Å². The lowest BCUT2D eigenvalue weighted by Gasteiger charge is -2.16. The highest BCUT2D eigenvalue weighted by molar-refractivity contribution is 5.99. The van der Waals surface area contributed by atoms with Crippen molar-refractivity contribution >= 4 is 11.6 Å². The third-order valence-electron chi connectivity index (χ3n) is 3.39. The van der Waals surface area contributed by atoms with E-state index in [2.05, 4.69) is 0 Å². The minimum Gasteiger partial charge on any atom is -0.399 e. The molecule has 1 aliphatic rings. The molecule has 0 saturated carbocycles. The van der Waals surface area contributed by atoms with Crippen molar-refractivity contribution in [1.29, 1.82) is 0 Å². The Morgan fingerprint density at radius 3 is 2.70 bits per heavy atom. The second-order valence-electron chi connectivity index (χ2n) is 4.81. The first-order valence-electron chi connectivity index (χ1n) is 6.16. The van der Waals surface area contributed by atoms with Gasteiger partial charge in [0.15, 0.2) is 0 Å². The summed E-state index contributed by atoms with van der Waals surface area (Å²) in [4.78, 5) is 13.7. The molecule has 0 fully saturated rings. The quantitative estimate of drug-likeness (QED) is 0.856. The van der Waals surface area contributed by atoms with Crippen molar-refractivity contribution in [2.24, 2.45) is 0 Å². The molecule has 1 heterocycles. The summed E-state index contributed by atoms with van der Waals surface area (Å²) in [5.74, 6) is -1.46. The number of hydrogen-bond acceptors (Lipinski definition) is 2. The Hall–Kier alpha value is -2.43. The molecule has 20 heavy (non-hydrogen) atoms. The van der Waals surface area contributed by atoms with Crippen molar-refractivity contribution in [1.82, 2.24) is 4.90 Å². The molecular formula is C15H12F2N2O. The Bertz CT molecular complexity index is 700. The molecule has 0 atom stereocenters. The summed E-state index contributed by atoms with van der Waals surface area (Å²) >= 11 is 0. The molecule has 0 radical (unpaired) electrons. The van der Waals surface area contributed by atoms with Crippen molar-refractivity contribution in [3.05, 3.63) is 64.7 Å². The van der Waals surface area contributed by atoms with E-state index in [-0.39, 0.29) is 12.5 Å². The molecule has 0 bridgehead atoms. The standard InChI is InChI=1S/C15H12F2N2O/c16-11-3-1-10(14(17)5-11)8-19-7-9-2-4-12(18)6-13(9)15(19)20/h1-6H,7-8,18H2. The predicted molar refractivity (Wildman–Crippen MR) is 70.8 cm³/mol. The predicted octanol–water partition coefficient (Wildman–Crippen LogP) is 2.70. The molecule has 1 amide bonds. The van der Waals surface area contributed by atoms with Gasteiger partial charge >= 0.3 is 0 Å². The number of nitrogens with zero attached hydrogens (tertiary/aromatic N) is 1. The summed E-state index contributed by atoms with van der Waals surface area (Å²) < 4.78 is 26.5. The summed E-state index contributed by atoms with van der Waals surface area (Å²) in [7, 11) is 0. The molecular weight excluding hydrogens is 262 g/mol. The molecule has 5 heteroatoms. The molecule has 1 aliphatic heterocycles. The largest absolute Gasteiger partial charge is 0.399 e. The Kier molecular flexibility index (Phi) is 2.89. The highest BCUT2D eigenvalue weighted by atomic mass is 19.1. The Morgan fingerprint density at radius 1 is 1.15 bits per heavy atom. The van der Waals surface area contributed by atoms with Gasteiger partial charge in [-0.15, -0.1) is 0 Å². The van der Waals surface area contributed by atoms with Crippen molar-refractivity contribution < 1.29 is 13.6 Å². The Labute approximate surface area is 114 Å².